The lowest BCUT2D eigenvalue weighted by Gasteiger charge is -2.12. The quantitative estimate of drug-likeness (QED) is 0.163. The van der Waals surface area contributed by atoms with Crippen molar-refractivity contribution in [3.63, 3.8) is 0 Å². The van der Waals surface area contributed by atoms with Gasteiger partial charge < -0.3 is 4.57 Å². The number of nitrogens with zero attached hydrogens (tertiary/aromatic N) is 5. The van der Waals surface area contributed by atoms with E-state index in [9.17, 15) is 0 Å². The highest BCUT2D eigenvalue weighted by Crippen LogP contribution is 2.41. The molecule has 0 fully saturated rings. The van der Waals surface area contributed by atoms with Crippen LogP contribution in [-0.2, 0) is 0 Å². The predicted octanol–water partition coefficient (Wildman–Crippen LogP) is 13.5. The van der Waals surface area contributed by atoms with E-state index in [4.69, 9.17) is 19.9 Å². The van der Waals surface area contributed by atoms with Crippen molar-refractivity contribution in [1.82, 2.24) is 24.5 Å². The fourth-order valence-corrected chi connectivity index (χ4v) is 8.16. The van der Waals surface area contributed by atoms with Crippen LogP contribution in [0.3, 0.4) is 0 Å². The van der Waals surface area contributed by atoms with E-state index in [-0.39, 0.29) is 0 Å². The smallest absolute Gasteiger partial charge is 0.164 e. The topological polar surface area (TPSA) is 56.5 Å². The SMILES string of the molecule is c1ccc(-c2ccc(-c3nc(-c4ccccc4)nc(-c4ccc(-c5ccc(-c6nc7ccccc7c7c6c6ccccc6n7-c6ccccc6)cc5)cc4)n3)cc2)cc1. The van der Waals surface area contributed by atoms with Gasteiger partial charge in [0.15, 0.2) is 17.5 Å². The van der Waals surface area contributed by atoms with Crippen LogP contribution in [-0.4, -0.2) is 24.5 Å². The van der Waals surface area contributed by atoms with Gasteiger partial charge in [0.2, 0.25) is 0 Å². The molecule has 0 aliphatic rings. The maximum absolute atomic E-state index is 5.32. The van der Waals surface area contributed by atoms with Gasteiger partial charge in [0.1, 0.15) is 0 Å². The highest BCUT2D eigenvalue weighted by atomic mass is 15.0. The van der Waals surface area contributed by atoms with Crippen LogP contribution in [0.4, 0.5) is 0 Å². The number of para-hydroxylation sites is 3. The third kappa shape index (κ3) is 6.22. The Morgan fingerprint density at radius 1 is 0.288 bits per heavy atom. The average molecular weight is 754 g/mol. The molecule has 0 bridgehead atoms. The second-order valence-electron chi connectivity index (χ2n) is 14.7. The molecule has 0 saturated heterocycles. The zero-order chi connectivity index (χ0) is 39.1. The number of hydrogen-bond acceptors (Lipinski definition) is 4. The van der Waals surface area contributed by atoms with Crippen LogP contribution in [0.2, 0.25) is 0 Å². The summed E-state index contributed by atoms with van der Waals surface area (Å²) in [5.41, 5.74) is 13.8. The van der Waals surface area contributed by atoms with Crippen molar-refractivity contribution in [3.05, 3.63) is 212 Å². The van der Waals surface area contributed by atoms with Gasteiger partial charge in [0.05, 0.1) is 22.2 Å². The molecule has 0 atom stereocenters. The maximum Gasteiger partial charge on any atom is 0.164 e. The molecule has 3 aromatic heterocycles. The Balaban J connectivity index is 0.960. The molecule has 0 aliphatic heterocycles. The summed E-state index contributed by atoms with van der Waals surface area (Å²) in [6.45, 7) is 0. The van der Waals surface area contributed by atoms with Crippen LogP contribution < -0.4 is 0 Å². The molecular formula is C54H35N5. The van der Waals surface area contributed by atoms with Gasteiger partial charge in [0, 0.05) is 44.1 Å². The molecule has 5 heteroatoms. The third-order valence-corrected chi connectivity index (χ3v) is 11.1. The molecule has 3 heterocycles. The summed E-state index contributed by atoms with van der Waals surface area (Å²) in [5, 5.41) is 3.46. The van der Waals surface area contributed by atoms with Crippen molar-refractivity contribution < 1.29 is 0 Å². The number of benzene rings is 8. The minimum atomic E-state index is 0.629. The van der Waals surface area contributed by atoms with E-state index in [0.29, 0.717) is 17.5 Å². The fourth-order valence-electron chi connectivity index (χ4n) is 8.16. The van der Waals surface area contributed by atoms with Gasteiger partial charge >= 0.3 is 0 Å². The minimum absolute atomic E-state index is 0.629. The van der Waals surface area contributed by atoms with Crippen LogP contribution in [0, 0.1) is 0 Å². The first-order valence-electron chi connectivity index (χ1n) is 19.8. The molecule has 8 aromatic carbocycles. The first-order chi connectivity index (χ1) is 29.2. The van der Waals surface area contributed by atoms with Gasteiger partial charge in [0.25, 0.3) is 0 Å². The molecule has 0 aliphatic carbocycles. The van der Waals surface area contributed by atoms with Crippen LogP contribution in [0.1, 0.15) is 0 Å². The highest BCUT2D eigenvalue weighted by molar-refractivity contribution is 6.22. The van der Waals surface area contributed by atoms with Crippen molar-refractivity contribution in [3.8, 4) is 73.4 Å². The molecule has 0 N–H and O–H groups in total. The van der Waals surface area contributed by atoms with Crippen LogP contribution in [0.15, 0.2) is 212 Å². The van der Waals surface area contributed by atoms with Crippen molar-refractivity contribution in [2.45, 2.75) is 0 Å². The van der Waals surface area contributed by atoms with Gasteiger partial charge in [-0.05, 0) is 46.5 Å². The molecule has 0 radical (unpaired) electrons. The normalized spacial score (nSPS) is 11.4. The molecule has 11 rings (SSSR count). The lowest BCUT2D eigenvalue weighted by Crippen LogP contribution is -2.00. The monoisotopic (exact) mass is 753 g/mol. The molecule has 0 amide bonds. The van der Waals surface area contributed by atoms with Crippen LogP contribution in [0.25, 0.3) is 106 Å². The second kappa shape index (κ2) is 14.5. The van der Waals surface area contributed by atoms with E-state index in [1.54, 1.807) is 0 Å². The molecule has 276 valence electrons. The molecule has 0 unspecified atom stereocenters. The van der Waals surface area contributed by atoms with E-state index in [1.165, 1.54) is 16.5 Å². The molecule has 0 saturated carbocycles. The summed E-state index contributed by atoms with van der Waals surface area (Å²) in [5.74, 6) is 1.90. The Bertz CT molecular complexity index is 3270. The average Bonchev–Trinajstić information content (AvgIpc) is 3.68. The molecule has 0 spiro atoms. The van der Waals surface area contributed by atoms with E-state index in [2.05, 4.69) is 180 Å². The van der Waals surface area contributed by atoms with Crippen molar-refractivity contribution in [1.29, 1.82) is 0 Å². The number of pyridine rings is 1. The lowest BCUT2D eigenvalue weighted by molar-refractivity contribution is 1.07. The minimum Gasteiger partial charge on any atom is -0.308 e. The summed E-state index contributed by atoms with van der Waals surface area (Å²) in [6, 6.07) is 73.9. The zero-order valence-corrected chi connectivity index (χ0v) is 31.9. The molecular weight excluding hydrogens is 719 g/mol. The largest absolute Gasteiger partial charge is 0.308 e. The van der Waals surface area contributed by atoms with E-state index < -0.39 is 0 Å². The first kappa shape index (κ1) is 34.2. The van der Waals surface area contributed by atoms with E-state index >= 15 is 0 Å². The van der Waals surface area contributed by atoms with Crippen LogP contribution >= 0.6 is 0 Å². The van der Waals surface area contributed by atoms with E-state index in [0.717, 1.165) is 72.1 Å². The van der Waals surface area contributed by atoms with Crippen LogP contribution in [0.5, 0.6) is 0 Å². The summed E-state index contributed by atoms with van der Waals surface area (Å²) in [6.07, 6.45) is 0. The number of aromatic nitrogens is 5. The second-order valence-corrected chi connectivity index (χ2v) is 14.7. The standard InChI is InChI=1S/C54H35N5/c1-4-14-36(15-5-1)37-26-32-42(33-27-37)53-56-52(41-16-6-2-7-17-41)57-54(58-53)43-34-28-39(29-35-43)38-24-30-40(31-25-38)50-49-46-21-11-13-23-48(46)59(44-18-8-3-9-19-44)51(49)45-20-10-12-22-47(45)55-50/h1-35H. The number of rotatable bonds is 7. The van der Waals surface area contributed by atoms with Crippen molar-refractivity contribution >= 4 is 32.7 Å². The lowest BCUT2D eigenvalue weighted by atomic mass is 9.98. The van der Waals surface area contributed by atoms with Crippen molar-refractivity contribution in [2.75, 3.05) is 0 Å². The number of fused-ring (bicyclic) bond motifs is 5. The predicted molar refractivity (Wildman–Crippen MR) is 242 cm³/mol. The fraction of sp³-hybridized carbons (Fsp3) is 0. The first-order valence-corrected chi connectivity index (χ1v) is 19.8. The highest BCUT2D eigenvalue weighted by Gasteiger charge is 2.20. The molecule has 11 aromatic rings. The van der Waals surface area contributed by atoms with Gasteiger partial charge in [-0.2, -0.15) is 0 Å². The maximum atomic E-state index is 5.32. The summed E-state index contributed by atoms with van der Waals surface area (Å²) < 4.78 is 2.38. The van der Waals surface area contributed by atoms with Crippen molar-refractivity contribution in [2.24, 2.45) is 0 Å². The molecule has 59 heavy (non-hydrogen) atoms. The third-order valence-electron chi connectivity index (χ3n) is 11.1. The Labute approximate surface area is 341 Å². The summed E-state index contributed by atoms with van der Waals surface area (Å²) in [4.78, 5) is 20.2. The van der Waals surface area contributed by atoms with Gasteiger partial charge in [-0.25, -0.2) is 19.9 Å². The zero-order valence-electron chi connectivity index (χ0n) is 31.9. The van der Waals surface area contributed by atoms with Gasteiger partial charge in [-0.3, -0.25) is 0 Å². The summed E-state index contributed by atoms with van der Waals surface area (Å²) >= 11 is 0. The van der Waals surface area contributed by atoms with Gasteiger partial charge in [-0.15, -0.1) is 0 Å². The Morgan fingerprint density at radius 3 is 1.24 bits per heavy atom. The van der Waals surface area contributed by atoms with Gasteiger partial charge in [-0.1, -0.05) is 188 Å². The Hall–Kier alpha value is -8.02. The summed E-state index contributed by atoms with van der Waals surface area (Å²) in [7, 11) is 0. The number of hydrogen-bond donors (Lipinski definition) is 0. The Morgan fingerprint density at radius 2 is 0.678 bits per heavy atom. The molecule has 5 nitrogen and oxygen atoms in total. The van der Waals surface area contributed by atoms with E-state index in [1.807, 2.05) is 36.4 Å². The Kier molecular flexibility index (Phi) is 8.41.